The molecule has 1 N–H and O–H groups in total. The molecule has 0 saturated carbocycles. The van der Waals surface area contributed by atoms with Crippen LogP contribution in [0.25, 0.3) is 0 Å². The van der Waals surface area contributed by atoms with E-state index in [1.807, 2.05) is 0 Å². The van der Waals surface area contributed by atoms with Crippen LogP contribution in [-0.2, 0) is 0 Å². The Bertz CT molecular complexity index is 322. The molecular weight excluding hydrogens is 252 g/mol. The summed E-state index contributed by atoms with van der Waals surface area (Å²) in [6.45, 7) is 7.67. The van der Waals surface area contributed by atoms with Crippen molar-refractivity contribution in [3.05, 3.63) is 16.1 Å². The van der Waals surface area contributed by atoms with Crippen molar-refractivity contribution in [3.8, 4) is 0 Å². The lowest BCUT2D eigenvalue weighted by Gasteiger charge is -2.11. The van der Waals surface area contributed by atoms with E-state index >= 15 is 0 Å². The van der Waals surface area contributed by atoms with Crippen LogP contribution in [-0.4, -0.2) is 11.5 Å². The molecule has 0 aliphatic heterocycles. The van der Waals surface area contributed by atoms with Gasteiger partial charge in [0, 0.05) is 11.4 Å². The average Bonchev–Trinajstić information content (AvgIpc) is 2.83. The molecule has 2 nitrogen and oxygen atoms in total. The molecule has 1 atom stereocenters. The maximum Gasteiger partial charge on any atom is 0.0898 e. The summed E-state index contributed by atoms with van der Waals surface area (Å²) in [7, 11) is 0. The van der Waals surface area contributed by atoms with Crippen LogP contribution in [0.1, 0.15) is 82.0 Å². The standard InChI is InChI=1S/C16H30N2S/c1-4-5-6-7-8-9-10-11-12-17-14(2)16-13-19-15(3)18-16/h13-14,17H,4-12H2,1-3H3. The summed E-state index contributed by atoms with van der Waals surface area (Å²) < 4.78 is 0. The minimum absolute atomic E-state index is 0.398. The van der Waals surface area contributed by atoms with Gasteiger partial charge in [-0.25, -0.2) is 4.98 Å². The minimum atomic E-state index is 0.398. The average molecular weight is 282 g/mol. The highest BCUT2D eigenvalue weighted by molar-refractivity contribution is 7.09. The molecule has 19 heavy (non-hydrogen) atoms. The first-order valence-corrected chi connectivity index (χ1v) is 8.77. The number of thiazole rings is 1. The third-order valence-electron chi connectivity index (χ3n) is 3.56. The molecular formula is C16H30N2S. The second-order valence-electron chi connectivity index (χ2n) is 5.44. The number of hydrogen-bond acceptors (Lipinski definition) is 3. The zero-order valence-electron chi connectivity index (χ0n) is 12.9. The van der Waals surface area contributed by atoms with Crippen molar-refractivity contribution in [1.29, 1.82) is 0 Å². The van der Waals surface area contributed by atoms with E-state index in [4.69, 9.17) is 0 Å². The van der Waals surface area contributed by atoms with Gasteiger partial charge in [0.25, 0.3) is 0 Å². The van der Waals surface area contributed by atoms with E-state index in [1.165, 1.54) is 57.1 Å². The number of hydrogen-bond donors (Lipinski definition) is 1. The van der Waals surface area contributed by atoms with Gasteiger partial charge in [0.2, 0.25) is 0 Å². The van der Waals surface area contributed by atoms with Gasteiger partial charge in [-0.2, -0.15) is 0 Å². The van der Waals surface area contributed by atoms with Crippen molar-refractivity contribution in [3.63, 3.8) is 0 Å². The summed E-state index contributed by atoms with van der Waals surface area (Å²) in [5.74, 6) is 0. The summed E-state index contributed by atoms with van der Waals surface area (Å²) in [4.78, 5) is 4.52. The van der Waals surface area contributed by atoms with E-state index in [0.717, 1.165) is 11.6 Å². The lowest BCUT2D eigenvalue weighted by atomic mass is 10.1. The molecule has 1 heterocycles. The van der Waals surface area contributed by atoms with Gasteiger partial charge in [0.05, 0.1) is 10.7 Å². The van der Waals surface area contributed by atoms with Gasteiger partial charge in [0.15, 0.2) is 0 Å². The molecule has 1 aromatic rings. The van der Waals surface area contributed by atoms with Crippen molar-refractivity contribution in [2.45, 2.75) is 78.2 Å². The second kappa shape index (κ2) is 10.4. The van der Waals surface area contributed by atoms with Crippen LogP contribution in [0.15, 0.2) is 5.38 Å². The molecule has 110 valence electrons. The lowest BCUT2D eigenvalue weighted by Crippen LogP contribution is -2.20. The summed E-state index contributed by atoms with van der Waals surface area (Å²) in [6.07, 6.45) is 11.1. The molecule has 0 bridgehead atoms. The molecule has 1 aromatic heterocycles. The molecule has 0 aliphatic carbocycles. The molecule has 1 unspecified atom stereocenters. The minimum Gasteiger partial charge on any atom is -0.309 e. The monoisotopic (exact) mass is 282 g/mol. The lowest BCUT2D eigenvalue weighted by molar-refractivity contribution is 0.516. The zero-order valence-corrected chi connectivity index (χ0v) is 13.7. The van der Waals surface area contributed by atoms with E-state index in [-0.39, 0.29) is 0 Å². The first kappa shape index (κ1) is 16.6. The van der Waals surface area contributed by atoms with Crippen LogP contribution in [0.3, 0.4) is 0 Å². The van der Waals surface area contributed by atoms with E-state index in [2.05, 4.69) is 36.5 Å². The summed E-state index contributed by atoms with van der Waals surface area (Å²) in [6, 6.07) is 0.398. The SMILES string of the molecule is CCCCCCCCCCNC(C)c1csc(C)n1. The Balaban J connectivity index is 1.93. The third-order valence-corrected chi connectivity index (χ3v) is 4.35. The van der Waals surface area contributed by atoms with Gasteiger partial charge in [-0.3, -0.25) is 0 Å². The van der Waals surface area contributed by atoms with Gasteiger partial charge in [-0.15, -0.1) is 11.3 Å². The molecule has 0 amide bonds. The highest BCUT2D eigenvalue weighted by atomic mass is 32.1. The molecule has 0 saturated heterocycles. The molecule has 0 aliphatic rings. The Hall–Kier alpha value is -0.410. The highest BCUT2D eigenvalue weighted by Gasteiger charge is 2.07. The topological polar surface area (TPSA) is 24.9 Å². The van der Waals surface area contributed by atoms with Gasteiger partial charge in [-0.05, 0) is 26.8 Å². The van der Waals surface area contributed by atoms with E-state index in [9.17, 15) is 0 Å². The number of aromatic nitrogens is 1. The van der Waals surface area contributed by atoms with Crippen LogP contribution in [0.4, 0.5) is 0 Å². The Morgan fingerprint density at radius 2 is 1.74 bits per heavy atom. The van der Waals surface area contributed by atoms with Crippen molar-refractivity contribution in [1.82, 2.24) is 10.3 Å². The number of nitrogens with one attached hydrogen (secondary N) is 1. The molecule has 3 heteroatoms. The Morgan fingerprint density at radius 3 is 2.32 bits per heavy atom. The van der Waals surface area contributed by atoms with Crippen LogP contribution in [0.2, 0.25) is 0 Å². The van der Waals surface area contributed by atoms with Crippen molar-refractivity contribution in [2.24, 2.45) is 0 Å². The predicted octanol–water partition coefficient (Wildman–Crippen LogP) is 5.24. The maximum atomic E-state index is 4.52. The van der Waals surface area contributed by atoms with Gasteiger partial charge in [0.1, 0.15) is 0 Å². The van der Waals surface area contributed by atoms with Crippen molar-refractivity contribution < 1.29 is 0 Å². The van der Waals surface area contributed by atoms with Crippen LogP contribution in [0.5, 0.6) is 0 Å². The van der Waals surface area contributed by atoms with Gasteiger partial charge in [-0.1, -0.05) is 51.9 Å². The van der Waals surface area contributed by atoms with Gasteiger partial charge < -0.3 is 5.32 Å². The van der Waals surface area contributed by atoms with E-state index < -0.39 is 0 Å². The van der Waals surface area contributed by atoms with E-state index in [0.29, 0.717) is 6.04 Å². The summed E-state index contributed by atoms with van der Waals surface area (Å²) >= 11 is 1.74. The van der Waals surface area contributed by atoms with Gasteiger partial charge >= 0.3 is 0 Å². The van der Waals surface area contributed by atoms with E-state index in [1.54, 1.807) is 11.3 Å². The summed E-state index contributed by atoms with van der Waals surface area (Å²) in [5.41, 5.74) is 1.20. The summed E-state index contributed by atoms with van der Waals surface area (Å²) in [5, 5.41) is 6.90. The molecule has 0 fully saturated rings. The zero-order chi connectivity index (χ0) is 13.9. The first-order chi connectivity index (χ1) is 9.24. The normalized spacial score (nSPS) is 12.8. The second-order valence-corrected chi connectivity index (χ2v) is 6.50. The van der Waals surface area contributed by atoms with Crippen LogP contribution in [0, 0.1) is 6.92 Å². The first-order valence-electron chi connectivity index (χ1n) is 7.89. The highest BCUT2D eigenvalue weighted by Crippen LogP contribution is 2.15. The number of rotatable bonds is 11. The Morgan fingerprint density at radius 1 is 1.11 bits per heavy atom. The Labute approximate surface area is 123 Å². The predicted molar refractivity (Wildman–Crippen MR) is 85.9 cm³/mol. The molecule has 0 aromatic carbocycles. The Kier molecular flexibility index (Phi) is 9.10. The molecule has 0 radical (unpaired) electrons. The largest absolute Gasteiger partial charge is 0.309 e. The fourth-order valence-corrected chi connectivity index (χ4v) is 2.97. The van der Waals surface area contributed by atoms with Crippen molar-refractivity contribution >= 4 is 11.3 Å². The molecule has 0 spiro atoms. The number of aryl methyl sites for hydroxylation is 1. The smallest absolute Gasteiger partial charge is 0.0898 e. The number of nitrogens with zero attached hydrogens (tertiary/aromatic N) is 1. The maximum absolute atomic E-state index is 4.52. The van der Waals surface area contributed by atoms with Crippen molar-refractivity contribution in [2.75, 3.05) is 6.54 Å². The quantitative estimate of drug-likeness (QED) is 0.561. The number of unbranched alkanes of at least 4 members (excludes halogenated alkanes) is 7. The fourth-order valence-electron chi connectivity index (χ4n) is 2.26. The fraction of sp³-hybridized carbons (Fsp3) is 0.812. The third kappa shape index (κ3) is 7.68. The van der Waals surface area contributed by atoms with Crippen LogP contribution >= 0.6 is 11.3 Å². The molecule has 1 rings (SSSR count). The van der Waals surface area contributed by atoms with Crippen LogP contribution < -0.4 is 5.32 Å².